The highest BCUT2D eigenvalue weighted by molar-refractivity contribution is 7.18. The maximum atomic E-state index is 13.7. The van der Waals surface area contributed by atoms with Crippen LogP contribution in [0.15, 0.2) is 52.1 Å². The SMILES string of the molecule is COc1ccc(CCn2c(=O)c3c4c(sc3n(CC(=O)Nc3ccccc3C)c2=O)CCCC4)cc1OC. The van der Waals surface area contributed by atoms with E-state index >= 15 is 0 Å². The topological polar surface area (TPSA) is 91.6 Å². The van der Waals surface area contributed by atoms with Gasteiger partial charge in [0.25, 0.3) is 5.56 Å². The summed E-state index contributed by atoms with van der Waals surface area (Å²) in [5.41, 5.74) is 2.83. The van der Waals surface area contributed by atoms with Gasteiger partial charge in [-0.1, -0.05) is 24.3 Å². The predicted octanol–water partition coefficient (Wildman–Crippen LogP) is 4.31. The van der Waals surface area contributed by atoms with E-state index in [4.69, 9.17) is 9.47 Å². The second-order valence-electron chi connectivity index (χ2n) is 9.52. The summed E-state index contributed by atoms with van der Waals surface area (Å²) in [4.78, 5) is 42.3. The van der Waals surface area contributed by atoms with Crippen LogP contribution in [0, 0.1) is 6.92 Å². The molecule has 4 aromatic rings. The molecule has 2 aromatic carbocycles. The lowest BCUT2D eigenvalue weighted by Crippen LogP contribution is -2.42. The first-order chi connectivity index (χ1) is 18.4. The number of nitrogens with zero attached hydrogens (tertiary/aromatic N) is 2. The number of thiophene rings is 1. The van der Waals surface area contributed by atoms with Crippen molar-refractivity contribution in [3.8, 4) is 11.5 Å². The van der Waals surface area contributed by atoms with Crippen LogP contribution < -0.4 is 26.0 Å². The number of amides is 1. The Bertz CT molecular complexity index is 1630. The van der Waals surface area contributed by atoms with E-state index in [1.165, 1.54) is 20.5 Å². The molecule has 198 valence electrons. The standard InChI is InChI=1S/C29H31N3O5S/c1-18-8-4-6-10-21(18)30-25(33)17-32-28-26(20-9-5-7-11-24(20)38-28)27(34)31(29(32)35)15-14-19-12-13-22(36-2)23(16-19)37-3/h4,6,8,10,12-13,16H,5,7,9,11,14-15,17H2,1-3H3,(H,30,33). The highest BCUT2D eigenvalue weighted by Gasteiger charge is 2.24. The summed E-state index contributed by atoms with van der Waals surface area (Å²) in [6, 6.07) is 13.1. The first-order valence-electron chi connectivity index (χ1n) is 12.8. The van der Waals surface area contributed by atoms with Crippen molar-refractivity contribution in [2.75, 3.05) is 19.5 Å². The van der Waals surface area contributed by atoms with Gasteiger partial charge in [0.05, 0.1) is 19.6 Å². The maximum Gasteiger partial charge on any atom is 0.332 e. The van der Waals surface area contributed by atoms with Crippen molar-refractivity contribution in [3.63, 3.8) is 0 Å². The number of para-hydroxylation sites is 1. The highest BCUT2D eigenvalue weighted by Crippen LogP contribution is 2.34. The molecule has 0 radical (unpaired) electrons. The Morgan fingerprint density at radius 3 is 2.53 bits per heavy atom. The van der Waals surface area contributed by atoms with Crippen LogP contribution in [0.5, 0.6) is 11.5 Å². The van der Waals surface area contributed by atoms with E-state index in [0.717, 1.165) is 47.3 Å². The number of anilines is 1. The van der Waals surface area contributed by atoms with Gasteiger partial charge in [0.15, 0.2) is 11.5 Å². The van der Waals surface area contributed by atoms with Crippen molar-refractivity contribution in [2.24, 2.45) is 0 Å². The van der Waals surface area contributed by atoms with Gasteiger partial charge in [-0.3, -0.25) is 18.7 Å². The van der Waals surface area contributed by atoms with Gasteiger partial charge in [-0.15, -0.1) is 11.3 Å². The van der Waals surface area contributed by atoms with Crippen LogP contribution in [0.2, 0.25) is 0 Å². The van der Waals surface area contributed by atoms with Gasteiger partial charge in [0.1, 0.15) is 11.4 Å². The first-order valence-corrected chi connectivity index (χ1v) is 13.6. The number of benzene rings is 2. The van der Waals surface area contributed by atoms with E-state index in [1.54, 1.807) is 14.2 Å². The zero-order valence-corrected chi connectivity index (χ0v) is 22.7. The molecule has 1 aliphatic rings. The fraction of sp³-hybridized carbons (Fsp3) is 0.345. The number of methoxy groups -OCH3 is 2. The quantitative estimate of drug-likeness (QED) is 0.365. The molecule has 1 amide bonds. The zero-order valence-electron chi connectivity index (χ0n) is 21.8. The van der Waals surface area contributed by atoms with Crippen LogP contribution in [0.4, 0.5) is 5.69 Å². The third-order valence-electron chi connectivity index (χ3n) is 7.11. The van der Waals surface area contributed by atoms with E-state index in [1.807, 2.05) is 49.4 Å². The Morgan fingerprint density at radius 2 is 1.76 bits per heavy atom. The van der Waals surface area contributed by atoms with Crippen LogP contribution in [0.3, 0.4) is 0 Å². The second kappa shape index (κ2) is 10.9. The summed E-state index contributed by atoms with van der Waals surface area (Å²) in [5, 5.41) is 3.50. The van der Waals surface area contributed by atoms with E-state index in [0.29, 0.717) is 33.8 Å². The van der Waals surface area contributed by atoms with Crippen LogP contribution >= 0.6 is 11.3 Å². The molecule has 2 heterocycles. The zero-order chi connectivity index (χ0) is 26.8. The molecular formula is C29H31N3O5S. The van der Waals surface area contributed by atoms with Crippen molar-refractivity contribution in [1.29, 1.82) is 0 Å². The molecule has 2 aromatic heterocycles. The van der Waals surface area contributed by atoms with E-state index in [9.17, 15) is 14.4 Å². The average molecular weight is 534 g/mol. The van der Waals surface area contributed by atoms with Gasteiger partial charge in [0.2, 0.25) is 5.91 Å². The predicted molar refractivity (Wildman–Crippen MR) is 150 cm³/mol. The minimum absolute atomic E-state index is 0.167. The summed E-state index contributed by atoms with van der Waals surface area (Å²) in [6.07, 6.45) is 4.22. The van der Waals surface area contributed by atoms with Crippen molar-refractivity contribution in [1.82, 2.24) is 9.13 Å². The lowest BCUT2D eigenvalue weighted by molar-refractivity contribution is -0.116. The number of ether oxygens (including phenoxy) is 2. The molecule has 0 fully saturated rings. The summed E-state index contributed by atoms with van der Waals surface area (Å²) in [5.74, 6) is 0.894. The summed E-state index contributed by atoms with van der Waals surface area (Å²) in [7, 11) is 3.14. The summed E-state index contributed by atoms with van der Waals surface area (Å²) in [6.45, 7) is 1.94. The largest absolute Gasteiger partial charge is 0.493 e. The van der Waals surface area contributed by atoms with Crippen LogP contribution in [0.25, 0.3) is 10.2 Å². The molecule has 0 unspecified atom stereocenters. The number of aryl methyl sites for hydroxylation is 4. The number of nitrogens with one attached hydrogen (secondary N) is 1. The first kappa shape index (κ1) is 25.8. The number of hydrogen-bond donors (Lipinski definition) is 1. The van der Waals surface area contributed by atoms with Gasteiger partial charge < -0.3 is 14.8 Å². The molecule has 0 bridgehead atoms. The fourth-order valence-electron chi connectivity index (χ4n) is 5.08. The second-order valence-corrected chi connectivity index (χ2v) is 10.6. The number of aromatic nitrogens is 2. The Labute approximate surface area is 224 Å². The summed E-state index contributed by atoms with van der Waals surface area (Å²) >= 11 is 1.48. The number of carbonyl (C=O) groups is 1. The molecule has 0 atom stereocenters. The molecule has 38 heavy (non-hydrogen) atoms. The lowest BCUT2D eigenvalue weighted by Gasteiger charge is -2.14. The molecule has 0 saturated carbocycles. The van der Waals surface area contributed by atoms with Crippen LogP contribution in [-0.2, 0) is 37.1 Å². The minimum atomic E-state index is -0.471. The van der Waals surface area contributed by atoms with E-state index in [-0.39, 0.29) is 24.6 Å². The average Bonchev–Trinajstić information content (AvgIpc) is 3.32. The number of hydrogen-bond acceptors (Lipinski definition) is 6. The summed E-state index contributed by atoms with van der Waals surface area (Å²) < 4.78 is 13.5. The van der Waals surface area contributed by atoms with Crippen LogP contribution in [0.1, 0.15) is 34.4 Å². The highest BCUT2D eigenvalue weighted by atomic mass is 32.1. The Balaban J connectivity index is 1.54. The number of fused-ring (bicyclic) bond motifs is 3. The lowest BCUT2D eigenvalue weighted by atomic mass is 9.97. The van der Waals surface area contributed by atoms with Crippen LogP contribution in [-0.4, -0.2) is 29.3 Å². The molecule has 5 rings (SSSR count). The van der Waals surface area contributed by atoms with Gasteiger partial charge in [0, 0.05) is 17.1 Å². The molecule has 0 aliphatic heterocycles. The molecule has 1 N–H and O–H groups in total. The van der Waals surface area contributed by atoms with E-state index < -0.39 is 5.69 Å². The maximum absolute atomic E-state index is 13.7. The van der Waals surface area contributed by atoms with Crippen molar-refractivity contribution in [3.05, 3.63) is 84.9 Å². The van der Waals surface area contributed by atoms with Crippen molar-refractivity contribution >= 4 is 33.1 Å². The Morgan fingerprint density at radius 1 is 1.00 bits per heavy atom. The molecule has 9 heteroatoms. The fourth-order valence-corrected chi connectivity index (χ4v) is 6.45. The smallest absolute Gasteiger partial charge is 0.332 e. The molecule has 1 aliphatic carbocycles. The number of rotatable bonds is 8. The van der Waals surface area contributed by atoms with E-state index in [2.05, 4.69) is 5.32 Å². The molecular weight excluding hydrogens is 502 g/mol. The van der Waals surface area contributed by atoms with Gasteiger partial charge in [-0.05, 0) is 73.9 Å². The Hall–Kier alpha value is -3.85. The third kappa shape index (κ3) is 4.86. The molecule has 8 nitrogen and oxygen atoms in total. The van der Waals surface area contributed by atoms with Crippen molar-refractivity contribution in [2.45, 2.75) is 52.1 Å². The monoisotopic (exact) mass is 533 g/mol. The molecule has 0 spiro atoms. The normalized spacial score (nSPS) is 12.8. The Kier molecular flexibility index (Phi) is 7.37. The molecule has 0 saturated heterocycles. The van der Waals surface area contributed by atoms with Gasteiger partial charge >= 0.3 is 5.69 Å². The minimum Gasteiger partial charge on any atom is -0.493 e. The van der Waals surface area contributed by atoms with Gasteiger partial charge in [-0.25, -0.2) is 4.79 Å². The third-order valence-corrected chi connectivity index (χ3v) is 8.43. The van der Waals surface area contributed by atoms with Gasteiger partial charge in [-0.2, -0.15) is 0 Å². The van der Waals surface area contributed by atoms with Crippen molar-refractivity contribution < 1.29 is 14.3 Å². The number of carbonyl (C=O) groups excluding carboxylic acids is 1.